The Morgan fingerprint density at radius 2 is 1.80 bits per heavy atom. The van der Waals surface area contributed by atoms with Crippen LogP contribution in [0.3, 0.4) is 0 Å². The van der Waals surface area contributed by atoms with Crippen molar-refractivity contribution in [2.75, 3.05) is 12.4 Å². The first kappa shape index (κ1) is 28.0. The highest BCUT2D eigenvalue weighted by atomic mass is 79.9. The summed E-state index contributed by atoms with van der Waals surface area (Å²) in [6.07, 6.45) is 1.51. The predicted octanol–water partition coefficient (Wildman–Crippen LogP) is 7.81. The fourth-order valence-electron chi connectivity index (χ4n) is 3.82. The van der Waals surface area contributed by atoms with Crippen molar-refractivity contribution < 1.29 is 18.7 Å². The SMILES string of the molecule is COc1cc(/C=N\NC(=O)c2ccc(-c3csc(Nc4ccccc4)n3)cc2)cc(Br)c1OCc1ccc(F)cc1. The fraction of sp³-hybridized carbons (Fsp3) is 0.0645. The zero-order chi connectivity index (χ0) is 28.6. The van der Waals surface area contributed by atoms with Gasteiger partial charge in [-0.3, -0.25) is 4.79 Å². The van der Waals surface area contributed by atoms with E-state index < -0.39 is 0 Å². The summed E-state index contributed by atoms with van der Waals surface area (Å²) in [6, 6.07) is 26.6. The molecule has 0 fully saturated rings. The maximum Gasteiger partial charge on any atom is 0.271 e. The van der Waals surface area contributed by atoms with E-state index in [9.17, 15) is 9.18 Å². The van der Waals surface area contributed by atoms with E-state index in [1.807, 2.05) is 47.8 Å². The molecule has 1 aromatic heterocycles. The fourth-order valence-corrected chi connectivity index (χ4v) is 5.14. The molecule has 4 aromatic carbocycles. The molecule has 0 spiro atoms. The Bertz CT molecular complexity index is 1660. The zero-order valence-electron chi connectivity index (χ0n) is 21.8. The van der Waals surface area contributed by atoms with Gasteiger partial charge in [-0.1, -0.05) is 42.5 Å². The van der Waals surface area contributed by atoms with Gasteiger partial charge in [-0.15, -0.1) is 11.3 Å². The van der Waals surface area contributed by atoms with Gasteiger partial charge in [0.05, 0.1) is 23.5 Å². The molecule has 206 valence electrons. The number of hydrogen-bond acceptors (Lipinski definition) is 7. The highest BCUT2D eigenvalue weighted by Gasteiger charge is 2.12. The minimum Gasteiger partial charge on any atom is -0.493 e. The molecule has 5 aromatic rings. The van der Waals surface area contributed by atoms with Crippen LogP contribution in [0.4, 0.5) is 15.2 Å². The van der Waals surface area contributed by atoms with Crippen molar-refractivity contribution >= 4 is 50.2 Å². The lowest BCUT2D eigenvalue weighted by molar-refractivity contribution is 0.0955. The Balaban J connectivity index is 1.18. The Morgan fingerprint density at radius 1 is 1.05 bits per heavy atom. The van der Waals surface area contributed by atoms with Gasteiger partial charge in [-0.25, -0.2) is 14.8 Å². The lowest BCUT2D eigenvalue weighted by atomic mass is 10.1. The number of anilines is 2. The summed E-state index contributed by atoms with van der Waals surface area (Å²) in [4.78, 5) is 17.3. The molecule has 0 saturated heterocycles. The summed E-state index contributed by atoms with van der Waals surface area (Å²) in [5, 5.41) is 10.1. The molecule has 1 amide bonds. The van der Waals surface area contributed by atoms with Gasteiger partial charge in [-0.2, -0.15) is 5.10 Å². The van der Waals surface area contributed by atoms with Crippen molar-refractivity contribution in [1.82, 2.24) is 10.4 Å². The molecule has 0 aliphatic heterocycles. The molecule has 0 aliphatic carbocycles. The Labute approximate surface area is 248 Å². The van der Waals surface area contributed by atoms with Gasteiger partial charge in [0.2, 0.25) is 0 Å². The van der Waals surface area contributed by atoms with Crippen molar-refractivity contribution in [1.29, 1.82) is 0 Å². The molecule has 41 heavy (non-hydrogen) atoms. The molecule has 0 bridgehead atoms. The maximum atomic E-state index is 13.2. The van der Waals surface area contributed by atoms with E-state index in [-0.39, 0.29) is 18.3 Å². The quantitative estimate of drug-likeness (QED) is 0.121. The highest BCUT2D eigenvalue weighted by molar-refractivity contribution is 9.10. The largest absolute Gasteiger partial charge is 0.493 e. The number of hydrogen-bond donors (Lipinski definition) is 2. The third kappa shape index (κ3) is 7.36. The van der Waals surface area contributed by atoms with Gasteiger partial charge >= 0.3 is 0 Å². The average molecular weight is 632 g/mol. The van der Waals surface area contributed by atoms with E-state index in [0.717, 1.165) is 27.6 Å². The van der Waals surface area contributed by atoms with Gasteiger partial charge in [-0.05, 0) is 75.6 Å². The first-order chi connectivity index (χ1) is 20.0. The summed E-state index contributed by atoms with van der Waals surface area (Å²) in [6.45, 7) is 0.242. The third-order valence-corrected chi connectivity index (χ3v) is 7.25. The van der Waals surface area contributed by atoms with E-state index in [0.29, 0.717) is 27.1 Å². The number of thiazole rings is 1. The number of ether oxygens (including phenoxy) is 2. The molecular weight excluding hydrogens is 607 g/mol. The second kappa shape index (κ2) is 13.2. The Hall–Kier alpha value is -4.54. The number of carbonyl (C=O) groups is 1. The second-order valence-corrected chi connectivity index (χ2v) is 10.5. The number of methoxy groups -OCH3 is 1. The van der Waals surface area contributed by atoms with Crippen molar-refractivity contribution in [3.8, 4) is 22.8 Å². The number of nitrogens with zero attached hydrogens (tertiary/aromatic N) is 2. The number of benzene rings is 4. The van der Waals surface area contributed by atoms with E-state index >= 15 is 0 Å². The molecule has 1 heterocycles. The van der Waals surface area contributed by atoms with E-state index in [1.165, 1.54) is 36.8 Å². The number of hydrazone groups is 1. The number of amides is 1. The normalized spacial score (nSPS) is 10.9. The van der Waals surface area contributed by atoms with Gasteiger partial charge in [0, 0.05) is 22.2 Å². The number of para-hydroxylation sites is 1. The van der Waals surface area contributed by atoms with Crippen LogP contribution in [0.1, 0.15) is 21.5 Å². The smallest absolute Gasteiger partial charge is 0.271 e. The Kier molecular flexibility index (Phi) is 9.02. The van der Waals surface area contributed by atoms with Crippen molar-refractivity contribution in [2.45, 2.75) is 6.61 Å². The van der Waals surface area contributed by atoms with Gasteiger partial charge in [0.1, 0.15) is 12.4 Å². The predicted molar refractivity (Wildman–Crippen MR) is 164 cm³/mol. The number of nitrogens with one attached hydrogen (secondary N) is 2. The molecule has 5 rings (SSSR count). The molecule has 0 saturated carbocycles. The van der Waals surface area contributed by atoms with Gasteiger partial charge in [0.25, 0.3) is 5.91 Å². The van der Waals surface area contributed by atoms with Crippen LogP contribution in [0.2, 0.25) is 0 Å². The van der Waals surface area contributed by atoms with Crippen LogP contribution in [-0.4, -0.2) is 24.2 Å². The number of aromatic nitrogens is 1. The molecule has 7 nitrogen and oxygen atoms in total. The van der Waals surface area contributed by atoms with E-state index in [2.05, 4.69) is 36.8 Å². The number of halogens is 2. The van der Waals surface area contributed by atoms with Crippen LogP contribution < -0.4 is 20.2 Å². The number of rotatable bonds is 10. The zero-order valence-corrected chi connectivity index (χ0v) is 24.2. The molecule has 0 atom stereocenters. The van der Waals surface area contributed by atoms with Gasteiger partial charge < -0.3 is 14.8 Å². The first-order valence-electron chi connectivity index (χ1n) is 12.4. The van der Waals surface area contributed by atoms with E-state index in [1.54, 1.807) is 36.4 Å². The molecule has 0 aliphatic rings. The lowest BCUT2D eigenvalue weighted by Crippen LogP contribution is -2.17. The van der Waals surface area contributed by atoms with Crippen LogP contribution >= 0.6 is 27.3 Å². The van der Waals surface area contributed by atoms with Crippen LogP contribution in [0, 0.1) is 5.82 Å². The average Bonchev–Trinajstić information content (AvgIpc) is 3.46. The van der Waals surface area contributed by atoms with E-state index in [4.69, 9.17) is 9.47 Å². The third-order valence-electron chi connectivity index (χ3n) is 5.90. The lowest BCUT2D eigenvalue weighted by Gasteiger charge is -2.13. The van der Waals surface area contributed by atoms with Crippen LogP contribution in [0.5, 0.6) is 11.5 Å². The van der Waals surface area contributed by atoms with Gasteiger partial charge in [0.15, 0.2) is 16.6 Å². The summed E-state index contributed by atoms with van der Waals surface area (Å²) in [7, 11) is 1.53. The van der Waals surface area contributed by atoms with Crippen molar-refractivity contribution in [3.05, 3.63) is 123 Å². The maximum absolute atomic E-state index is 13.2. The molecule has 0 radical (unpaired) electrons. The monoisotopic (exact) mass is 630 g/mol. The van der Waals surface area contributed by atoms with Crippen LogP contribution in [-0.2, 0) is 6.61 Å². The summed E-state index contributed by atoms with van der Waals surface area (Å²) in [5.41, 5.74) is 7.21. The van der Waals surface area contributed by atoms with Crippen molar-refractivity contribution in [3.63, 3.8) is 0 Å². The number of carbonyl (C=O) groups excluding carboxylic acids is 1. The van der Waals surface area contributed by atoms with Crippen molar-refractivity contribution in [2.24, 2.45) is 5.10 Å². The standard InChI is InChI=1S/C31H24BrFN4O3S/c1-39-28-16-21(15-26(32)29(28)40-18-20-7-13-24(33)14-8-20)17-34-37-30(38)23-11-9-22(10-12-23)27-19-41-31(36-27)35-25-5-3-2-4-6-25/h2-17,19H,18H2,1H3,(H,35,36)(H,37,38)/b34-17-. The first-order valence-corrected chi connectivity index (χ1v) is 14.1. The topological polar surface area (TPSA) is 84.8 Å². The molecular formula is C31H24BrFN4O3S. The minimum atomic E-state index is -0.345. The summed E-state index contributed by atoms with van der Waals surface area (Å²) >= 11 is 5.01. The summed E-state index contributed by atoms with van der Waals surface area (Å²) < 4.78 is 25.2. The summed E-state index contributed by atoms with van der Waals surface area (Å²) in [5.74, 6) is 0.333. The molecule has 2 N–H and O–H groups in total. The minimum absolute atomic E-state index is 0.242. The van der Waals surface area contributed by atoms with Crippen LogP contribution in [0.15, 0.2) is 106 Å². The van der Waals surface area contributed by atoms with Crippen LogP contribution in [0.25, 0.3) is 11.3 Å². The second-order valence-electron chi connectivity index (χ2n) is 8.75. The molecule has 0 unspecified atom stereocenters. The Morgan fingerprint density at radius 3 is 2.54 bits per heavy atom. The molecule has 10 heteroatoms. The highest BCUT2D eigenvalue weighted by Crippen LogP contribution is 2.37.